The number of hydrogen-bond donors (Lipinski definition) is 1. The topological polar surface area (TPSA) is 86.6 Å². The number of hydrogen-bond acceptors (Lipinski definition) is 7. The van der Waals surface area contributed by atoms with E-state index in [9.17, 15) is 5.11 Å². The summed E-state index contributed by atoms with van der Waals surface area (Å²) < 4.78 is 16.2. The van der Waals surface area contributed by atoms with E-state index in [4.69, 9.17) is 14.2 Å². The van der Waals surface area contributed by atoms with Gasteiger partial charge in [-0.1, -0.05) is 48.5 Å². The van der Waals surface area contributed by atoms with Crippen LogP contribution in [0.5, 0.6) is 23.0 Å². The number of aromatic hydroxyl groups is 1. The van der Waals surface area contributed by atoms with Crippen molar-refractivity contribution in [3.05, 3.63) is 78.1 Å². The van der Waals surface area contributed by atoms with Gasteiger partial charge in [-0.05, 0) is 35.9 Å². The Labute approximate surface area is 192 Å². The highest BCUT2D eigenvalue weighted by Gasteiger charge is 2.14. The minimum absolute atomic E-state index is 0.0993. The van der Waals surface area contributed by atoms with E-state index in [-0.39, 0.29) is 5.75 Å². The number of phenolic OH excluding ortho intramolecular Hbond substituents is 1. The molecule has 0 atom stereocenters. The average Bonchev–Trinajstić information content (AvgIpc) is 2.87. The smallest absolute Gasteiger partial charge is 0.203 e. The van der Waals surface area contributed by atoms with Gasteiger partial charge in [0.05, 0.1) is 26.9 Å². The Balaban J connectivity index is 1.80. The average molecular weight is 441 g/mol. The van der Waals surface area contributed by atoms with Crippen molar-refractivity contribution >= 4 is 12.2 Å². The molecule has 0 saturated carbocycles. The van der Waals surface area contributed by atoms with Crippen LogP contribution in [0.1, 0.15) is 11.4 Å². The van der Waals surface area contributed by atoms with Crippen LogP contribution in [-0.4, -0.2) is 41.4 Å². The molecule has 1 aromatic heterocycles. The molecule has 0 aliphatic rings. The van der Waals surface area contributed by atoms with Gasteiger partial charge in [0, 0.05) is 5.56 Å². The lowest BCUT2D eigenvalue weighted by Gasteiger charge is -2.12. The molecule has 0 aliphatic heterocycles. The van der Waals surface area contributed by atoms with E-state index in [2.05, 4.69) is 15.0 Å². The van der Waals surface area contributed by atoms with Crippen molar-refractivity contribution in [3.8, 4) is 45.8 Å². The fourth-order valence-corrected chi connectivity index (χ4v) is 3.33. The summed E-state index contributed by atoms with van der Waals surface area (Å²) >= 11 is 0. The molecule has 0 bridgehead atoms. The van der Waals surface area contributed by atoms with Crippen molar-refractivity contribution in [3.63, 3.8) is 0 Å². The maximum atomic E-state index is 10.3. The lowest BCUT2D eigenvalue weighted by Crippen LogP contribution is -2.00. The second-order valence-electron chi connectivity index (χ2n) is 7.02. The number of benzene rings is 3. The second kappa shape index (κ2) is 9.82. The van der Waals surface area contributed by atoms with Crippen LogP contribution < -0.4 is 14.2 Å². The molecule has 4 aromatic rings. The molecule has 166 valence electrons. The maximum Gasteiger partial charge on any atom is 0.203 e. The van der Waals surface area contributed by atoms with Gasteiger partial charge < -0.3 is 19.3 Å². The first-order valence-corrected chi connectivity index (χ1v) is 10.2. The predicted molar refractivity (Wildman–Crippen MR) is 127 cm³/mol. The van der Waals surface area contributed by atoms with Crippen molar-refractivity contribution in [1.82, 2.24) is 15.0 Å². The van der Waals surface area contributed by atoms with Crippen LogP contribution in [-0.2, 0) is 0 Å². The Kier molecular flexibility index (Phi) is 6.50. The largest absolute Gasteiger partial charge is 0.507 e. The highest BCUT2D eigenvalue weighted by atomic mass is 16.5. The summed E-state index contributed by atoms with van der Waals surface area (Å²) in [6.07, 6.45) is 3.63. The number of nitrogens with zero attached hydrogens (tertiary/aromatic N) is 3. The summed E-state index contributed by atoms with van der Waals surface area (Å²) in [5.41, 5.74) is 2.19. The molecule has 0 spiro atoms. The molecule has 3 aromatic carbocycles. The van der Waals surface area contributed by atoms with Gasteiger partial charge in [0.25, 0.3) is 0 Å². The van der Waals surface area contributed by atoms with Crippen molar-refractivity contribution in [2.45, 2.75) is 0 Å². The number of phenols is 1. The third-order valence-electron chi connectivity index (χ3n) is 4.94. The van der Waals surface area contributed by atoms with Gasteiger partial charge >= 0.3 is 0 Å². The normalized spacial score (nSPS) is 10.9. The Bertz CT molecular complexity index is 1260. The van der Waals surface area contributed by atoms with Crippen molar-refractivity contribution in [2.75, 3.05) is 21.3 Å². The van der Waals surface area contributed by atoms with Crippen molar-refractivity contribution in [2.24, 2.45) is 0 Å². The van der Waals surface area contributed by atoms with Crippen LogP contribution in [0, 0.1) is 0 Å². The highest BCUT2D eigenvalue weighted by molar-refractivity contribution is 5.73. The van der Waals surface area contributed by atoms with Gasteiger partial charge in [0.1, 0.15) is 5.75 Å². The molecule has 4 rings (SSSR count). The Morgan fingerprint density at radius 1 is 0.697 bits per heavy atom. The number of aromatic nitrogens is 3. The van der Waals surface area contributed by atoms with Crippen LogP contribution >= 0.6 is 0 Å². The quantitative estimate of drug-likeness (QED) is 0.427. The van der Waals surface area contributed by atoms with Crippen LogP contribution in [0.4, 0.5) is 0 Å². The number of para-hydroxylation sites is 1. The van der Waals surface area contributed by atoms with E-state index in [0.717, 1.165) is 11.1 Å². The molecule has 0 unspecified atom stereocenters. The molecule has 7 nitrogen and oxygen atoms in total. The fourth-order valence-electron chi connectivity index (χ4n) is 3.33. The van der Waals surface area contributed by atoms with Gasteiger partial charge in [0.15, 0.2) is 29.0 Å². The van der Waals surface area contributed by atoms with E-state index in [1.807, 2.05) is 54.6 Å². The van der Waals surface area contributed by atoms with Gasteiger partial charge in [-0.3, -0.25) is 0 Å². The zero-order valence-corrected chi connectivity index (χ0v) is 18.5. The van der Waals surface area contributed by atoms with Gasteiger partial charge in [-0.2, -0.15) is 0 Å². The number of rotatable bonds is 7. The first-order chi connectivity index (χ1) is 16.1. The van der Waals surface area contributed by atoms with E-state index in [1.165, 1.54) is 0 Å². The Morgan fingerprint density at radius 3 is 1.97 bits per heavy atom. The highest BCUT2D eigenvalue weighted by Crippen LogP contribution is 2.38. The first-order valence-electron chi connectivity index (χ1n) is 10.2. The summed E-state index contributed by atoms with van der Waals surface area (Å²) in [6, 6.07) is 20.2. The first kappa shape index (κ1) is 21.8. The summed E-state index contributed by atoms with van der Waals surface area (Å²) in [6.45, 7) is 0. The summed E-state index contributed by atoms with van der Waals surface area (Å²) in [5, 5.41) is 10.3. The SMILES string of the molecule is COc1cc(/C=C/c2nc(-c3ccccc3)nc(-c3ccccc3O)n2)cc(OC)c1OC. The predicted octanol–water partition coefficient (Wildman–Crippen LogP) is 5.11. The van der Waals surface area contributed by atoms with Gasteiger partial charge in [-0.15, -0.1) is 0 Å². The minimum atomic E-state index is 0.0993. The molecule has 1 N–H and O–H groups in total. The molecule has 1 heterocycles. The van der Waals surface area contributed by atoms with Crippen molar-refractivity contribution in [1.29, 1.82) is 0 Å². The number of ether oxygens (including phenoxy) is 3. The molecule has 0 amide bonds. The monoisotopic (exact) mass is 441 g/mol. The third-order valence-corrected chi connectivity index (χ3v) is 4.94. The van der Waals surface area contributed by atoms with E-state index in [1.54, 1.807) is 45.6 Å². The van der Waals surface area contributed by atoms with E-state index >= 15 is 0 Å². The summed E-state index contributed by atoms with van der Waals surface area (Å²) in [5.74, 6) is 3.04. The van der Waals surface area contributed by atoms with E-state index < -0.39 is 0 Å². The zero-order chi connectivity index (χ0) is 23.2. The summed E-state index contributed by atoms with van der Waals surface area (Å²) in [7, 11) is 4.70. The van der Waals surface area contributed by atoms with Crippen LogP contribution in [0.3, 0.4) is 0 Å². The van der Waals surface area contributed by atoms with Gasteiger partial charge in [0.2, 0.25) is 5.75 Å². The summed E-state index contributed by atoms with van der Waals surface area (Å²) in [4.78, 5) is 13.8. The lowest BCUT2D eigenvalue weighted by atomic mass is 10.1. The molecule has 0 radical (unpaired) electrons. The zero-order valence-electron chi connectivity index (χ0n) is 18.5. The third kappa shape index (κ3) is 4.77. The minimum Gasteiger partial charge on any atom is -0.507 e. The molecule has 0 aliphatic carbocycles. The molecular weight excluding hydrogens is 418 g/mol. The molecule has 33 heavy (non-hydrogen) atoms. The Morgan fingerprint density at radius 2 is 1.33 bits per heavy atom. The maximum absolute atomic E-state index is 10.3. The van der Waals surface area contributed by atoms with Crippen LogP contribution in [0.2, 0.25) is 0 Å². The fraction of sp³-hybridized carbons (Fsp3) is 0.115. The second-order valence-corrected chi connectivity index (χ2v) is 7.02. The van der Waals surface area contributed by atoms with Crippen LogP contribution in [0.25, 0.3) is 34.9 Å². The molecule has 0 fully saturated rings. The molecule has 0 saturated heterocycles. The van der Waals surface area contributed by atoms with Gasteiger partial charge in [-0.25, -0.2) is 15.0 Å². The number of methoxy groups -OCH3 is 3. The molecule has 7 heteroatoms. The standard InChI is InChI=1S/C26H23N3O4/c1-31-21-15-17(16-22(32-2)24(21)33-3)13-14-23-27-25(18-9-5-4-6-10-18)29-26(28-23)19-11-7-8-12-20(19)30/h4-16,30H,1-3H3/b14-13+. The van der Waals surface area contributed by atoms with E-state index in [0.29, 0.717) is 40.3 Å². The molecular formula is C26H23N3O4. The van der Waals surface area contributed by atoms with Crippen LogP contribution in [0.15, 0.2) is 66.7 Å². The lowest BCUT2D eigenvalue weighted by molar-refractivity contribution is 0.324. The Hall–Kier alpha value is -4.39. The van der Waals surface area contributed by atoms with Crippen molar-refractivity contribution < 1.29 is 19.3 Å².